The quantitative estimate of drug-likeness (QED) is 0.0149. The van der Waals surface area contributed by atoms with E-state index in [9.17, 15) is 92.3 Å². The Hall–Kier alpha value is -13.2. The zero-order valence-electron chi connectivity index (χ0n) is 77.2. The first-order valence-electron chi connectivity index (χ1n) is 44.4. The van der Waals surface area contributed by atoms with E-state index >= 15 is 4.79 Å². The van der Waals surface area contributed by atoms with Gasteiger partial charge in [-0.1, -0.05) is 24.3 Å². The molecule has 42 heteroatoms. The van der Waals surface area contributed by atoms with Crippen molar-refractivity contribution in [1.29, 1.82) is 0 Å². The van der Waals surface area contributed by atoms with Gasteiger partial charge in [0.25, 0.3) is 11.8 Å². The average molecular weight is 1850 g/mol. The van der Waals surface area contributed by atoms with Gasteiger partial charge in [-0.15, -0.1) is 0 Å². The first kappa shape index (κ1) is 104. The molecule has 0 spiro atoms. The topological polar surface area (TPSA) is 549 Å². The lowest BCUT2D eigenvalue weighted by molar-refractivity contribution is -0.158. The summed E-state index contributed by atoms with van der Waals surface area (Å²) in [7, 11) is 3.20. The first-order valence-corrected chi connectivity index (χ1v) is 44.4. The number of nitrogens with one attached hydrogen (secondary N) is 9. The largest absolute Gasteiger partial charge is 0.481 e. The van der Waals surface area contributed by atoms with Crippen LogP contribution < -0.4 is 37.2 Å². The number of ether oxygens (including phenoxy) is 3. The highest BCUT2D eigenvalue weighted by Crippen LogP contribution is 2.30. The van der Waals surface area contributed by atoms with E-state index in [0.29, 0.717) is 45.2 Å². The lowest BCUT2D eigenvalue weighted by Gasteiger charge is -2.34. The molecule has 3 aliphatic heterocycles. The van der Waals surface area contributed by atoms with Crippen molar-refractivity contribution in [3.63, 3.8) is 0 Å². The standard InChI is InChI=1S/C91H125N19O23/c1-89(2,3)131-79(121)53-106-38-36-105(37-39-107(54-80(122)132-90(4,5)6)41-43-108(42-40-106)55-81(123)133-91(7,8)9)52-74(112)101-68(84(126)102-67(28-31-76(115)116)83(125)93-33-17-35-110-49-59-45-57(23-25-61(59)95-70(88(110)130)47-78(119)120)86(128)104(11)51-72-98-64-20-14-15-21-65(64)99-72)26-29-73(111)100-66(27-30-75(113)114)82(124)92-32-16-34-109-48-58-44-56(22-24-60(58)94-69(87(109)129)46-77(117)118)85(127)103(10)50-71-96-62-18-12-13-19-63(62)97-71/h12-15,18-25,44-45,66-70,94-95H,16-17,26-43,46-55H2,1-11H3,(H,92,124)(H,93,125)(H,96,97)(H,98,99)(H,100,111)(H,101,112)(H,102,126)(H,113,114)(H,115,116)(H,117,118)(H,119,120)/t66-,67-,68-,69-,70-/m0/s1. The van der Waals surface area contributed by atoms with Crippen LogP contribution in [0.1, 0.15) is 170 Å². The Morgan fingerprint density at radius 3 is 1.15 bits per heavy atom. The molecule has 0 radical (unpaired) electrons. The van der Waals surface area contributed by atoms with Gasteiger partial charge in [0.05, 0.1) is 74.2 Å². The number of aromatic amines is 2. The maximum absolute atomic E-state index is 15.1. The molecule has 0 aliphatic carbocycles. The van der Waals surface area contributed by atoms with E-state index in [1.165, 1.54) is 19.6 Å². The molecular formula is C91H125N19O23. The minimum atomic E-state index is -1.77. The maximum Gasteiger partial charge on any atom is 0.320 e. The van der Waals surface area contributed by atoms with Gasteiger partial charge >= 0.3 is 41.8 Å². The normalized spacial score (nSPS) is 16.4. The molecule has 3 aliphatic rings. The third-order valence-corrected chi connectivity index (χ3v) is 21.7. The monoisotopic (exact) mass is 1850 g/mol. The Balaban J connectivity index is 0.926. The maximum atomic E-state index is 15.1. The van der Waals surface area contributed by atoms with Crippen molar-refractivity contribution in [2.75, 3.05) is 129 Å². The molecule has 722 valence electrons. The van der Waals surface area contributed by atoms with Crippen LogP contribution in [0.5, 0.6) is 0 Å². The lowest BCUT2D eigenvalue weighted by atomic mass is 10.1. The number of nitrogens with zero attached hydrogens (tertiary/aromatic N) is 10. The number of aromatic nitrogens is 4. The van der Waals surface area contributed by atoms with Gasteiger partial charge < -0.3 is 101 Å². The minimum Gasteiger partial charge on any atom is -0.481 e. The van der Waals surface area contributed by atoms with Crippen molar-refractivity contribution in [1.82, 2.24) is 85.7 Å². The number of H-pyrrole nitrogens is 2. The number of carboxylic acids is 4. The van der Waals surface area contributed by atoms with Crippen LogP contribution in [-0.2, 0) is 108 Å². The zero-order valence-corrected chi connectivity index (χ0v) is 77.2. The van der Waals surface area contributed by atoms with E-state index < -0.39 is 194 Å². The van der Waals surface area contributed by atoms with Gasteiger partial charge in [-0.2, -0.15) is 0 Å². The predicted molar refractivity (Wildman–Crippen MR) is 484 cm³/mol. The Morgan fingerprint density at radius 2 is 0.789 bits per heavy atom. The molecule has 4 aromatic carbocycles. The summed E-state index contributed by atoms with van der Waals surface area (Å²) in [6, 6.07) is 16.7. The molecule has 0 bridgehead atoms. The molecule has 0 unspecified atom stereocenters. The number of benzene rings is 4. The molecule has 13 N–H and O–H groups in total. The molecule has 2 aromatic heterocycles. The number of anilines is 2. The second-order valence-electron chi connectivity index (χ2n) is 36.4. The smallest absolute Gasteiger partial charge is 0.320 e. The number of carbonyl (C=O) groups excluding carboxylic acids is 12. The second kappa shape index (κ2) is 47.7. The van der Waals surface area contributed by atoms with Crippen LogP contribution >= 0.6 is 0 Å². The zero-order chi connectivity index (χ0) is 97.2. The molecule has 9 amide bonds. The van der Waals surface area contributed by atoms with Gasteiger partial charge in [-0.3, -0.25) is 96.3 Å². The van der Waals surface area contributed by atoms with E-state index in [1.54, 1.807) is 128 Å². The highest BCUT2D eigenvalue weighted by atomic mass is 16.6. The highest BCUT2D eigenvalue weighted by Gasteiger charge is 2.37. The van der Waals surface area contributed by atoms with Crippen molar-refractivity contribution < 1.29 is 111 Å². The number of hydrogen-bond acceptors (Lipinski definition) is 27. The van der Waals surface area contributed by atoms with E-state index in [0.717, 1.165) is 11.0 Å². The van der Waals surface area contributed by atoms with Crippen LogP contribution in [0.4, 0.5) is 11.4 Å². The van der Waals surface area contributed by atoms with Crippen LogP contribution in [0.2, 0.25) is 0 Å². The van der Waals surface area contributed by atoms with Gasteiger partial charge in [-0.05, 0) is 166 Å². The number of esters is 3. The number of carboxylic acid groups (broad SMARTS) is 4. The van der Waals surface area contributed by atoms with E-state index in [2.05, 4.69) is 57.2 Å². The SMILES string of the molecule is CN(Cc1nc2ccccc2[nH]1)C(=O)c1ccc2c(c1)CN(CCCNC(=O)[C@H](CCC(=O)O)NC(=O)CC[C@H](NC(=O)CN1CCN(CC(=O)OC(C)(C)C)CCN(CC(=O)OC(C)(C)C)CCN(CC(=O)OC(C)(C)C)CC1)C(=O)N[C@@H](CCC(=O)O)C(=O)NCCCN1Cc3cc(C(=O)N(C)Cc4nc5ccccc5[nH]4)ccc3N[C@@H](CC(=O)O)C1=O)C(=O)[C@H](CC(=O)O)N2. The van der Waals surface area contributed by atoms with E-state index in [-0.39, 0.29) is 154 Å². The summed E-state index contributed by atoms with van der Waals surface area (Å²) < 4.78 is 17.1. The Kier molecular flexibility index (Phi) is 37.2. The number of fused-ring (bicyclic) bond motifs is 4. The summed E-state index contributed by atoms with van der Waals surface area (Å²) >= 11 is 0. The Morgan fingerprint density at radius 1 is 0.444 bits per heavy atom. The van der Waals surface area contributed by atoms with Crippen molar-refractivity contribution >= 4 is 128 Å². The number of para-hydroxylation sites is 4. The summed E-state index contributed by atoms with van der Waals surface area (Å²) in [5.74, 6) is -12.6. The molecular weight excluding hydrogens is 1730 g/mol. The van der Waals surface area contributed by atoms with E-state index in [1.807, 2.05) is 53.4 Å². The number of hydrogen-bond donors (Lipinski definition) is 13. The van der Waals surface area contributed by atoms with Crippen molar-refractivity contribution in [2.24, 2.45) is 0 Å². The molecule has 5 heterocycles. The van der Waals surface area contributed by atoms with Gasteiger partial charge in [-0.25, -0.2) is 9.97 Å². The Labute approximate surface area is 770 Å². The first-order chi connectivity index (χ1) is 62.7. The average Bonchev–Trinajstić information content (AvgIpc) is 1.69. The fraction of sp³-hybridized carbons (Fsp3) is 0.538. The van der Waals surface area contributed by atoms with Gasteiger partial charge in [0, 0.05) is 147 Å². The van der Waals surface area contributed by atoms with Gasteiger partial charge in [0.1, 0.15) is 58.7 Å². The molecule has 5 atom stereocenters. The molecule has 1 fully saturated rings. The number of carbonyl (C=O) groups is 16. The fourth-order valence-corrected chi connectivity index (χ4v) is 15.4. The van der Waals surface area contributed by atoms with Crippen LogP contribution in [0.15, 0.2) is 84.9 Å². The van der Waals surface area contributed by atoms with Crippen molar-refractivity contribution in [2.45, 2.75) is 200 Å². The van der Waals surface area contributed by atoms with E-state index in [4.69, 9.17) is 14.2 Å². The minimum absolute atomic E-state index is 0.00758. The number of imidazole rings is 2. The van der Waals surface area contributed by atoms with Crippen LogP contribution in [0.25, 0.3) is 22.1 Å². The third kappa shape index (κ3) is 33.8. The van der Waals surface area contributed by atoms with Gasteiger partial charge in [0.2, 0.25) is 41.4 Å². The summed E-state index contributed by atoms with van der Waals surface area (Å²) in [6.45, 7) is 14.8. The van der Waals surface area contributed by atoms with Crippen LogP contribution in [-0.4, -0.2) is 340 Å². The highest BCUT2D eigenvalue weighted by molar-refractivity contribution is 5.98. The fourth-order valence-electron chi connectivity index (χ4n) is 15.4. The lowest BCUT2D eigenvalue weighted by Crippen LogP contribution is -2.56. The van der Waals surface area contributed by atoms with Crippen LogP contribution in [0.3, 0.4) is 0 Å². The summed E-state index contributed by atoms with van der Waals surface area (Å²) in [5, 5.41) is 58.9. The van der Waals surface area contributed by atoms with Crippen molar-refractivity contribution in [3.8, 4) is 0 Å². The van der Waals surface area contributed by atoms with Crippen LogP contribution in [0, 0.1) is 0 Å². The number of amides is 9. The molecule has 42 nitrogen and oxygen atoms in total. The Bertz CT molecular complexity index is 5080. The summed E-state index contributed by atoms with van der Waals surface area (Å²) in [6.07, 6.45) is -4.90. The molecule has 1 saturated heterocycles. The van der Waals surface area contributed by atoms with Gasteiger partial charge in [0.15, 0.2) is 0 Å². The second-order valence-corrected chi connectivity index (χ2v) is 36.4. The predicted octanol–water partition coefficient (Wildman–Crippen LogP) is 3.10. The molecule has 0 saturated carbocycles. The third-order valence-electron chi connectivity index (χ3n) is 21.7. The molecule has 9 rings (SSSR count). The number of aliphatic carboxylic acids is 4. The summed E-state index contributed by atoms with van der Waals surface area (Å²) in [4.78, 5) is 247. The number of rotatable bonds is 41. The summed E-state index contributed by atoms with van der Waals surface area (Å²) in [5.41, 5.74) is 2.62. The molecule has 6 aromatic rings. The van der Waals surface area contributed by atoms with Crippen molar-refractivity contribution in [3.05, 3.63) is 119 Å². The molecule has 133 heavy (non-hydrogen) atoms.